The Bertz CT molecular complexity index is 1020. The Morgan fingerprint density at radius 1 is 1.21 bits per heavy atom. The minimum atomic E-state index is -1.05. The number of fused-ring (bicyclic) bond motifs is 1. The summed E-state index contributed by atoms with van der Waals surface area (Å²) in [6, 6.07) is 7.67. The molecule has 3 aliphatic rings. The van der Waals surface area contributed by atoms with E-state index in [2.05, 4.69) is 10.2 Å². The van der Waals surface area contributed by atoms with Gasteiger partial charge in [0, 0.05) is 70.0 Å². The number of hydrogen-bond acceptors (Lipinski definition) is 9. The molecule has 0 bridgehead atoms. The van der Waals surface area contributed by atoms with Gasteiger partial charge in [-0.05, 0) is 25.0 Å². The fraction of sp³-hybridized carbons (Fsp3) is 0.583. The number of ether oxygens (including phenoxy) is 3. The number of methoxy groups -OCH3 is 1. The first-order valence-electron chi connectivity index (χ1n) is 12.0. The molecule has 1 aromatic heterocycles. The molecule has 4 heterocycles. The van der Waals surface area contributed by atoms with Gasteiger partial charge in [0.25, 0.3) is 0 Å². The summed E-state index contributed by atoms with van der Waals surface area (Å²) < 4.78 is 29.3. The van der Waals surface area contributed by atoms with Gasteiger partial charge in [0.15, 0.2) is 6.29 Å². The largest absolute Gasteiger partial charge is 0.490 e. The van der Waals surface area contributed by atoms with Gasteiger partial charge in [0.1, 0.15) is 22.6 Å². The molecule has 5 rings (SSSR count). The second kappa shape index (κ2) is 10.6. The molecule has 0 amide bonds. The second-order valence-electron chi connectivity index (χ2n) is 8.94. The molecule has 10 heteroatoms. The SMILES string of the molecule is COC(O)c1cccc(OC2CCN(c3nc4c(c(NC5CCOCC5)n3)S(=O)CC4)CC2)c1. The van der Waals surface area contributed by atoms with Gasteiger partial charge in [0.05, 0.1) is 16.5 Å². The van der Waals surface area contributed by atoms with Crippen LogP contribution in [0.4, 0.5) is 11.8 Å². The highest BCUT2D eigenvalue weighted by molar-refractivity contribution is 7.85. The number of aliphatic hydroxyl groups excluding tert-OH is 1. The fourth-order valence-corrected chi connectivity index (χ4v) is 6.02. The molecule has 0 radical (unpaired) electrons. The Morgan fingerprint density at radius 2 is 2.00 bits per heavy atom. The number of benzene rings is 1. The topological polar surface area (TPSA) is 106 Å². The standard InChI is InChI=1S/C24H32N4O5S/c1-31-23(29)16-3-2-4-19(15-16)33-18-5-10-28(11-6-18)24-26-20-9-14-34(30)21(20)22(27-24)25-17-7-12-32-13-8-17/h2-4,15,17-18,23,29H,5-14H2,1H3,(H,25,26,27). The van der Waals surface area contributed by atoms with Crippen molar-refractivity contribution >= 4 is 22.6 Å². The van der Waals surface area contributed by atoms with Gasteiger partial charge in [-0.25, -0.2) is 4.98 Å². The number of anilines is 2. The monoisotopic (exact) mass is 488 g/mol. The lowest BCUT2D eigenvalue weighted by atomic mass is 10.1. The quantitative estimate of drug-likeness (QED) is 0.568. The highest BCUT2D eigenvalue weighted by Crippen LogP contribution is 2.32. The summed E-state index contributed by atoms with van der Waals surface area (Å²) in [5, 5.41) is 13.4. The minimum absolute atomic E-state index is 0.0768. The van der Waals surface area contributed by atoms with Crippen LogP contribution in [0.2, 0.25) is 0 Å². The van der Waals surface area contributed by atoms with E-state index >= 15 is 0 Å². The van der Waals surface area contributed by atoms with E-state index in [0.29, 0.717) is 17.3 Å². The lowest BCUT2D eigenvalue weighted by Crippen LogP contribution is -2.39. The maximum atomic E-state index is 12.6. The van der Waals surface area contributed by atoms with E-state index in [1.54, 1.807) is 0 Å². The van der Waals surface area contributed by atoms with Crippen molar-refractivity contribution in [2.24, 2.45) is 0 Å². The van der Waals surface area contributed by atoms with E-state index < -0.39 is 17.1 Å². The van der Waals surface area contributed by atoms with Gasteiger partial charge in [-0.3, -0.25) is 4.21 Å². The number of nitrogens with zero attached hydrogens (tertiary/aromatic N) is 3. The third-order valence-corrected chi connectivity index (χ3v) is 8.09. The average molecular weight is 489 g/mol. The average Bonchev–Trinajstić information content (AvgIpc) is 3.25. The van der Waals surface area contributed by atoms with E-state index in [1.807, 2.05) is 24.3 Å². The van der Waals surface area contributed by atoms with Crippen LogP contribution in [0.15, 0.2) is 29.2 Å². The summed E-state index contributed by atoms with van der Waals surface area (Å²) >= 11 is 0. The van der Waals surface area contributed by atoms with Crippen LogP contribution in [-0.4, -0.2) is 70.6 Å². The van der Waals surface area contributed by atoms with Crippen LogP contribution < -0.4 is 15.0 Å². The number of aliphatic hydroxyl groups is 1. The number of aromatic nitrogens is 2. The minimum Gasteiger partial charge on any atom is -0.490 e. The molecular weight excluding hydrogens is 456 g/mol. The Labute approximate surface area is 202 Å². The molecule has 184 valence electrons. The Morgan fingerprint density at radius 3 is 2.76 bits per heavy atom. The molecule has 2 aromatic rings. The molecule has 1 aromatic carbocycles. The van der Waals surface area contributed by atoms with Crippen molar-refractivity contribution in [3.05, 3.63) is 35.5 Å². The zero-order chi connectivity index (χ0) is 23.5. The number of rotatable bonds is 7. The number of piperidine rings is 1. The van der Waals surface area contributed by atoms with Gasteiger partial charge < -0.3 is 29.5 Å². The van der Waals surface area contributed by atoms with Crippen molar-refractivity contribution in [2.75, 3.05) is 49.4 Å². The van der Waals surface area contributed by atoms with Gasteiger partial charge in [0.2, 0.25) is 5.95 Å². The summed E-state index contributed by atoms with van der Waals surface area (Å²) in [7, 11) is 0.424. The van der Waals surface area contributed by atoms with E-state index in [0.717, 1.165) is 80.6 Å². The Hall–Kier alpha value is -2.27. The molecule has 0 aliphatic carbocycles. The third kappa shape index (κ3) is 5.19. The van der Waals surface area contributed by atoms with Crippen LogP contribution in [0.25, 0.3) is 0 Å². The molecule has 0 spiro atoms. The highest BCUT2D eigenvalue weighted by Gasteiger charge is 2.30. The smallest absolute Gasteiger partial charge is 0.227 e. The molecule has 3 aliphatic heterocycles. The molecule has 2 N–H and O–H groups in total. The van der Waals surface area contributed by atoms with Crippen LogP contribution in [0.3, 0.4) is 0 Å². The molecule has 9 nitrogen and oxygen atoms in total. The maximum absolute atomic E-state index is 12.6. The highest BCUT2D eigenvalue weighted by atomic mass is 32.2. The van der Waals surface area contributed by atoms with Gasteiger partial charge in [-0.15, -0.1) is 0 Å². The van der Waals surface area contributed by atoms with Crippen LogP contribution >= 0.6 is 0 Å². The molecule has 2 fully saturated rings. The van der Waals surface area contributed by atoms with E-state index in [4.69, 9.17) is 24.2 Å². The zero-order valence-electron chi connectivity index (χ0n) is 19.4. The number of hydrogen-bond donors (Lipinski definition) is 2. The van der Waals surface area contributed by atoms with Crippen LogP contribution in [0, 0.1) is 0 Å². The van der Waals surface area contributed by atoms with Crippen LogP contribution in [0.5, 0.6) is 5.75 Å². The summed E-state index contributed by atoms with van der Waals surface area (Å²) in [6.07, 6.45) is 3.37. The first kappa shape index (κ1) is 23.5. The van der Waals surface area contributed by atoms with Crippen LogP contribution in [-0.2, 0) is 26.7 Å². The van der Waals surface area contributed by atoms with Crippen molar-refractivity contribution in [3.63, 3.8) is 0 Å². The first-order valence-corrected chi connectivity index (χ1v) is 13.3. The van der Waals surface area contributed by atoms with Crippen molar-refractivity contribution in [3.8, 4) is 5.75 Å². The predicted octanol–water partition coefficient (Wildman–Crippen LogP) is 2.42. The van der Waals surface area contributed by atoms with Gasteiger partial charge >= 0.3 is 0 Å². The predicted molar refractivity (Wildman–Crippen MR) is 129 cm³/mol. The maximum Gasteiger partial charge on any atom is 0.227 e. The second-order valence-corrected chi connectivity index (χ2v) is 10.5. The van der Waals surface area contributed by atoms with E-state index in [-0.39, 0.29) is 12.1 Å². The lowest BCUT2D eigenvalue weighted by Gasteiger charge is -2.33. The molecule has 2 saturated heterocycles. The number of aryl methyl sites for hydroxylation is 1. The van der Waals surface area contributed by atoms with E-state index in [9.17, 15) is 9.32 Å². The summed E-state index contributed by atoms with van der Waals surface area (Å²) in [5.74, 6) is 2.78. The molecule has 2 unspecified atom stereocenters. The summed E-state index contributed by atoms with van der Waals surface area (Å²) in [6.45, 7) is 3.04. The third-order valence-electron chi connectivity index (χ3n) is 6.63. The first-order chi connectivity index (χ1) is 16.6. The van der Waals surface area contributed by atoms with E-state index in [1.165, 1.54) is 7.11 Å². The van der Waals surface area contributed by atoms with Gasteiger partial charge in [-0.2, -0.15) is 4.98 Å². The Kier molecular flexibility index (Phi) is 7.29. The van der Waals surface area contributed by atoms with Crippen molar-refractivity contribution in [1.82, 2.24) is 9.97 Å². The zero-order valence-corrected chi connectivity index (χ0v) is 20.3. The van der Waals surface area contributed by atoms with Crippen LogP contribution in [0.1, 0.15) is 43.2 Å². The van der Waals surface area contributed by atoms with Gasteiger partial charge in [-0.1, -0.05) is 12.1 Å². The molecule has 34 heavy (non-hydrogen) atoms. The molecule has 2 atom stereocenters. The normalized spacial score (nSPS) is 22.4. The van der Waals surface area contributed by atoms with Crippen molar-refractivity contribution in [2.45, 2.75) is 55.4 Å². The van der Waals surface area contributed by atoms with Crippen molar-refractivity contribution in [1.29, 1.82) is 0 Å². The lowest BCUT2D eigenvalue weighted by molar-refractivity contribution is -0.0770. The molecular formula is C24H32N4O5S. The van der Waals surface area contributed by atoms with Crippen molar-refractivity contribution < 1.29 is 23.5 Å². The summed E-state index contributed by atoms with van der Waals surface area (Å²) in [5.41, 5.74) is 1.58. The Balaban J connectivity index is 1.26. The number of nitrogens with one attached hydrogen (secondary N) is 1. The molecule has 0 saturated carbocycles. The summed E-state index contributed by atoms with van der Waals surface area (Å²) in [4.78, 5) is 12.6. The fourth-order valence-electron chi connectivity index (χ4n) is 4.70.